The van der Waals surface area contributed by atoms with Gasteiger partial charge in [0.05, 0.1) is 32.2 Å². The van der Waals surface area contributed by atoms with Crippen LogP contribution in [0, 0.1) is 6.92 Å². The molecule has 1 atom stereocenters. The van der Waals surface area contributed by atoms with Crippen LogP contribution in [0.3, 0.4) is 0 Å². The minimum absolute atomic E-state index is 0.0941. The maximum atomic E-state index is 12.6. The fraction of sp³-hybridized carbons (Fsp3) is 0.158. The molecule has 0 aliphatic rings. The fourth-order valence-corrected chi connectivity index (χ4v) is 4.27. The van der Waals surface area contributed by atoms with Gasteiger partial charge in [-0.25, -0.2) is 15.0 Å². The summed E-state index contributed by atoms with van der Waals surface area (Å²) < 4.78 is 1.05. The first kappa shape index (κ1) is 16.9. The zero-order valence-corrected chi connectivity index (χ0v) is 15.9. The largest absolute Gasteiger partial charge is 0.301 e. The predicted octanol–water partition coefficient (Wildman–Crippen LogP) is 4.67. The number of thioether (sulfide) groups is 1. The lowest BCUT2D eigenvalue weighted by atomic mass is 10.3. The summed E-state index contributed by atoms with van der Waals surface area (Å²) in [6.07, 6.45) is 0. The summed E-state index contributed by atoms with van der Waals surface area (Å²) in [7, 11) is 0. The molecule has 0 radical (unpaired) electrons. The molecule has 0 saturated carbocycles. The van der Waals surface area contributed by atoms with E-state index in [4.69, 9.17) is 0 Å². The van der Waals surface area contributed by atoms with E-state index < -0.39 is 0 Å². The first-order chi connectivity index (χ1) is 12.6. The molecule has 7 heteroatoms. The SMILES string of the molecule is Cc1nc2ccccc2nc1SC(C)C(=O)Nc1nc2ccccc2s1. The van der Waals surface area contributed by atoms with Gasteiger partial charge in [0.25, 0.3) is 0 Å². The number of hydrogen-bond acceptors (Lipinski definition) is 6. The Morgan fingerprint density at radius 1 is 1.00 bits per heavy atom. The van der Waals surface area contributed by atoms with Crippen molar-refractivity contribution in [3.8, 4) is 0 Å². The second-order valence-electron chi connectivity index (χ2n) is 5.84. The third-order valence-corrected chi connectivity index (χ3v) is 6.01. The lowest BCUT2D eigenvalue weighted by Gasteiger charge is -2.11. The third kappa shape index (κ3) is 3.40. The van der Waals surface area contributed by atoms with Gasteiger partial charge in [0, 0.05) is 0 Å². The second-order valence-corrected chi connectivity index (χ2v) is 8.20. The number of nitrogens with zero attached hydrogens (tertiary/aromatic N) is 3. The Kier molecular flexibility index (Phi) is 4.57. The van der Waals surface area contributed by atoms with Crippen molar-refractivity contribution >= 4 is 55.4 Å². The van der Waals surface area contributed by atoms with Crippen molar-refractivity contribution in [1.82, 2.24) is 15.0 Å². The summed E-state index contributed by atoms with van der Waals surface area (Å²) in [6.45, 7) is 3.78. The Morgan fingerprint density at radius 2 is 1.65 bits per heavy atom. The molecule has 0 saturated heterocycles. The maximum Gasteiger partial charge on any atom is 0.239 e. The predicted molar refractivity (Wildman–Crippen MR) is 108 cm³/mol. The van der Waals surface area contributed by atoms with E-state index in [1.807, 2.05) is 62.4 Å². The third-order valence-electron chi connectivity index (χ3n) is 3.88. The molecule has 0 aliphatic carbocycles. The molecule has 130 valence electrons. The number of benzene rings is 2. The molecular weight excluding hydrogens is 364 g/mol. The Bertz CT molecular complexity index is 1080. The quantitative estimate of drug-likeness (QED) is 0.521. The van der Waals surface area contributed by atoms with Gasteiger partial charge in [-0.1, -0.05) is 47.4 Å². The van der Waals surface area contributed by atoms with Gasteiger partial charge in [-0.3, -0.25) is 4.79 Å². The zero-order valence-electron chi connectivity index (χ0n) is 14.3. The van der Waals surface area contributed by atoms with E-state index in [9.17, 15) is 4.79 Å². The van der Waals surface area contributed by atoms with Crippen molar-refractivity contribution in [3.63, 3.8) is 0 Å². The molecule has 2 aromatic heterocycles. The minimum atomic E-state index is -0.309. The number of para-hydroxylation sites is 3. The van der Waals surface area contributed by atoms with Gasteiger partial charge in [-0.05, 0) is 38.1 Å². The van der Waals surface area contributed by atoms with Crippen LogP contribution < -0.4 is 5.32 Å². The van der Waals surface area contributed by atoms with E-state index in [1.165, 1.54) is 23.1 Å². The average molecular weight is 380 g/mol. The first-order valence-electron chi connectivity index (χ1n) is 8.16. The summed E-state index contributed by atoms with van der Waals surface area (Å²) >= 11 is 2.88. The standard InChI is InChI=1S/C19H16N4OS2/c1-11-18(21-14-8-4-3-7-13(14)20-11)25-12(2)17(24)23-19-22-15-9-5-6-10-16(15)26-19/h3-10,12H,1-2H3,(H,22,23,24). The van der Waals surface area contributed by atoms with Crippen molar-refractivity contribution in [1.29, 1.82) is 0 Å². The van der Waals surface area contributed by atoms with Gasteiger partial charge in [0.15, 0.2) is 5.13 Å². The highest BCUT2D eigenvalue weighted by Crippen LogP contribution is 2.29. The molecule has 0 aliphatic heterocycles. The number of nitrogens with one attached hydrogen (secondary N) is 1. The van der Waals surface area contributed by atoms with Crippen LogP contribution in [0.2, 0.25) is 0 Å². The van der Waals surface area contributed by atoms with Gasteiger partial charge in [-0.2, -0.15) is 0 Å². The molecule has 0 spiro atoms. The molecule has 0 bridgehead atoms. The topological polar surface area (TPSA) is 67.8 Å². The molecule has 0 fully saturated rings. The molecule has 4 rings (SSSR count). The van der Waals surface area contributed by atoms with Crippen molar-refractivity contribution in [2.75, 3.05) is 5.32 Å². The van der Waals surface area contributed by atoms with Crippen molar-refractivity contribution < 1.29 is 4.79 Å². The van der Waals surface area contributed by atoms with Crippen LogP contribution in [0.15, 0.2) is 53.6 Å². The monoisotopic (exact) mass is 380 g/mol. The Labute approximate surface area is 158 Å². The first-order valence-corrected chi connectivity index (χ1v) is 9.86. The van der Waals surface area contributed by atoms with Crippen LogP contribution in [0.5, 0.6) is 0 Å². The Balaban J connectivity index is 1.51. The van der Waals surface area contributed by atoms with Crippen LogP contribution in [-0.2, 0) is 4.79 Å². The van der Waals surface area contributed by atoms with Crippen molar-refractivity contribution in [2.45, 2.75) is 24.1 Å². The van der Waals surface area contributed by atoms with Crippen LogP contribution in [0.25, 0.3) is 21.3 Å². The van der Waals surface area contributed by atoms with Crippen molar-refractivity contribution in [3.05, 3.63) is 54.2 Å². The van der Waals surface area contributed by atoms with Gasteiger partial charge in [-0.15, -0.1) is 0 Å². The van der Waals surface area contributed by atoms with E-state index in [2.05, 4.69) is 20.3 Å². The molecule has 5 nitrogen and oxygen atoms in total. The maximum absolute atomic E-state index is 12.6. The van der Waals surface area contributed by atoms with E-state index in [0.29, 0.717) is 5.13 Å². The molecule has 4 aromatic rings. The van der Waals surface area contributed by atoms with Crippen LogP contribution in [0.1, 0.15) is 12.6 Å². The molecule has 2 heterocycles. The lowest BCUT2D eigenvalue weighted by molar-refractivity contribution is -0.115. The smallest absolute Gasteiger partial charge is 0.239 e. The fourth-order valence-electron chi connectivity index (χ4n) is 2.54. The summed E-state index contributed by atoms with van der Waals surface area (Å²) in [5.41, 5.74) is 3.41. The van der Waals surface area contributed by atoms with Gasteiger partial charge in [0.1, 0.15) is 5.03 Å². The summed E-state index contributed by atoms with van der Waals surface area (Å²) in [5, 5.41) is 3.99. The molecule has 1 amide bonds. The van der Waals surface area contributed by atoms with Gasteiger partial charge >= 0.3 is 0 Å². The molecule has 1 N–H and O–H groups in total. The van der Waals surface area contributed by atoms with Crippen LogP contribution in [-0.4, -0.2) is 26.1 Å². The van der Waals surface area contributed by atoms with Crippen LogP contribution >= 0.6 is 23.1 Å². The second kappa shape index (κ2) is 7.01. The van der Waals surface area contributed by atoms with E-state index >= 15 is 0 Å². The summed E-state index contributed by atoms with van der Waals surface area (Å²) in [5.74, 6) is -0.0941. The number of fused-ring (bicyclic) bond motifs is 2. The number of hydrogen-bond donors (Lipinski definition) is 1. The number of carbonyl (C=O) groups excluding carboxylic acids is 1. The number of carbonyl (C=O) groups is 1. The number of anilines is 1. The highest BCUT2D eigenvalue weighted by molar-refractivity contribution is 8.00. The lowest BCUT2D eigenvalue weighted by Crippen LogP contribution is -2.22. The highest BCUT2D eigenvalue weighted by atomic mass is 32.2. The van der Waals surface area contributed by atoms with E-state index in [0.717, 1.165) is 32.0 Å². The Morgan fingerprint density at radius 3 is 2.38 bits per heavy atom. The average Bonchev–Trinajstić information content (AvgIpc) is 3.04. The molecule has 2 aromatic carbocycles. The Hall–Kier alpha value is -2.51. The number of rotatable bonds is 4. The number of thiazole rings is 1. The van der Waals surface area contributed by atoms with Crippen molar-refractivity contribution in [2.24, 2.45) is 0 Å². The highest BCUT2D eigenvalue weighted by Gasteiger charge is 2.19. The van der Waals surface area contributed by atoms with Gasteiger partial charge in [0.2, 0.25) is 5.91 Å². The molecule has 1 unspecified atom stereocenters. The van der Waals surface area contributed by atoms with Crippen LogP contribution in [0.4, 0.5) is 5.13 Å². The van der Waals surface area contributed by atoms with Gasteiger partial charge < -0.3 is 5.32 Å². The molecule has 26 heavy (non-hydrogen) atoms. The number of amides is 1. The zero-order chi connectivity index (χ0) is 18.1. The van der Waals surface area contributed by atoms with E-state index in [1.54, 1.807) is 0 Å². The summed E-state index contributed by atoms with van der Waals surface area (Å²) in [4.78, 5) is 26.2. The van der Waals surface area contributed by atoms with E-state index in [-0.39, 0.29) is 11.2 Å². The summed E-state index contributed by atoms with van der Waals surface area (Å²) in [6, 6.07) is 15.6. The number of aromatic nitrogens is 3. The minimum Gasteiger partial charge on any atom is -0.301 e. The molecular formula is C19H16N4OS2. The normalized spacial score (nSPS) is 12.4. The number of aryl methyl sites for hydroxylation is 1.